The molecule has 0 saturated carbocycles. The zero-order valence-electron chi connectivity index (χ0n) is 10.3. The smallest absolute Gasteiger partial charge is 0.339 e. The molecule has 1 heterocycles. The molecule has 0 amide bonds. The highest BCUT2D eigenvalue weighted by Gasteiger charge is 2.11. The van der Waals surface area contributed by atoms with Crippen LogP contribution in [0.5, 0.6) is 0 Å². The standard InChI is InChI=1S/C11H16N2O4S/c1-8-4-5-9(11(14)15)10(13-8)12-6-3-7-18(2,16)17/h4-5H,3,6-7H2,1-2H3,(H,12,13)(H,14,15). The predicted octanol–water partition coefficient (Wildman–Crippen LogP) is 0.935. The third-order valence-corrected chi connectivity index (χ3v) is 3.28. The molecule has 1 aromatic heterocycles. The summed E-state index contributed by atoms with van der Waals surface area (Å²) >= 11 is 0. The number of hydrogen-bond donors (Lipinski definition) is 2. The first-order valence-electron chi connectivity index (χ1n) is 5.42. The summed E-state index contributed by atoms with van der Waals surface area (Å²) in [6, 6.07) is 3.09. The Labute approximate surface area is 106 Å². The van der Waals surface area contributed by atoms with Gasteiger partial charge in [0.2, 0.25) is 0 Å². The fraction of sp³-hybridized carbons (Fsp3) is 0.455. The van der Waals surface area contributed by atoms with Crippen molar-refractivity contribution in [3.05, 3.63) is 23.4 Å². The van der Waals surface area contributed by atoms with Gasteiger partial charge in [0.15, 0.2) is 0 Å². The van der Waals surface area contributed by atoms with Crippen LogP contribution in [0.4, 0.5) is 5.82 Å². The van der Waals surface area contributed by atoms with Crippen molar-refractivity contribution in [1.82, 2.24) is 4.98 Å². The minimum atomic E-state index is -2.99. The van der Waals surface area contributed by atoms with Gasteiger partial charge in [-0.1, -0.05) is 0 Å². The highest BCUT2D eigenvalue weighted by molar-refractivity contribution is 7.90. The van der Waals surface area contributed by atoms with Gasteiger partial charge >= 0.3 is 5.97 Å². The number of carboxylic acid groups (broad SMARTS) is 1. The van der Waals surface area contributed by atoms with E-state index in [0.717, 1.165) is 0 Å². The molecule has 0 aromatic carbocycles. The number of carboxylic acids is 1. The Kier molecular flexibility index (Phi) is 4.66. The molecule has 0 fully saturated rings. The van der Waals surface area contributed by atoms with Crippen LogP contribution in [0.3, 0.4) is 0 Å². The lowest BCUT2D eigenvalue weighted by molar-refractivity contribution is 0.0697. The summed E-state index contributed by atoms with van der Waals surface area (Å²) in [5.74, 6) is -0.724. The number of nitrogens with zero attached hydrogens (tertiary/aromatic N) is 1. The summed E-state index contributed by atoms with van der Waals surface area (Å²) in [5.41, 5.74) is 0.783. The Bertz CT molecular complexity index is 540. The molecule has 0 aliphatic heterocycles. The molecule has 1 aromatic rings. The summed E-state index contributed by atoms with van der Waals surface area (Å²) in [6.07, 6.45) is 1.58. The molecule has 0 unspecified atom stereocenters. The summed E-state index contributed by atoms with van der Waals surface area (Å²) in [7, 11) is -2.99. The van der Waals surface area contributed by atoms with Crippen molar-refractivity contribution in [3.63, 3.8) is 0 Å². The molecular weight excluding hydrogens is 256 g/mol. The van der Waals surface area contributed by atoms with Gasteiger partial charge in [-0.2, -0.15) is 0 Å². The molecule has 0 atom stereocenters. The third kappa shape index (κ3) is 4.70. The van der Waals surface area contributed by atoms with Crippen LogP contribution >= 0.6 is 0 Å². The van der Waals surface area contributed by atoms with Gasteiger partial charge in [-0.05, 0) is 25.5 Å². The van der Waals surface area contributed by atoms with E-state index in [1.54, 1.807) is 13.0 Å². The number of nitrogens with one attached hydrogen (secondary N) is 1. The minimum absolute atomic E-state index is 0.0637. The normalized spacial score (nSPS) is 11.2. The number of sulfone groups is 1. The molecule has 2 N–H and O–H groups in total. The average Bonchev–Trinajstić information content (AvgIpc) is 2.22. The fourth-order valence-electron chi connectivity index (χ4n) is 1.41. The van der Waals surface area contributed by atoms with E-state index in [9.17, 15) is 13.2 Å². The van der Waals surface area contributed by atoms with E-state index < -0.39 is 15.8 Å². The van der Waals surface area contributed by atoms with E-state index in [2.05, 4.69) is 10.3 Å². The van der Waals surface area contributed by atoms with E-state index in [1.807, 2.05) is 0 Å². The molecule has 0 spiro atoms. The van der Waals surface area contributed by atoms with Crippen LogP contribution in [0.25, 0.3) is 0 Å². The van der Waals surface area contributed by atoms with Crippen LogP contribution in [0.2, 0.25) is 0 Å². The lowest BCUT2D eigenvalue weighted by Crippen LogP contribution is -2.13. The Morgan fingerprint density at radius 3 is 2.67 bits per heavy atom. The molecule has 1 rings (SSSR count). The van der Waals surface area contributed by atoms with E-state index in [4.69, 9.17) is 5.11 Å². The maximum Gasteiger partial charge on any atom is 0.339 e. The first-order valence-corrected chi connectivity index (χ1v) is 7.48. The van der Waals surface area contributed by atoms with Crippen LogP contribution in [-0.4, -0.2) is 43.0 Å². The van der Waals surface area contributed by atoms with Gasteiger partial charge in [0.1, 0.15) is 21.2 Å². The number of aryl methyl sites for hydroxylation is 1. The van der Waals surface area contributed by atoms with Gasteiger partial charge in [-0.25, -0.2) is 18.2 Å². The Morgan fingerprint density at radius 1 is 1.44 bits per heavy atom. The van der Waals surface area contributed by atoms with Crippen molar-refractivity contribution in [1.29, 1.82) is 0 Å². The van der Waals surface area contributed by atoms with Crippen LogP contribution in [0, 0.1) is 6.92 Å². The first-order chi connectivity index (χ1) is 8.29. The second kappa shape index (κ2) is 5.81. The van der Waals surface area contributed by atoms with Gasteiger partial charge in [-0.3, -0.25) is 0 Å². The Morgan fingerprint density at radius 2 is 2.11 bits per heavy atom. The molecule has 0 bridgehead atoms. The summed E-state index contributed by atoms with van der Waals surface area (Å²) in [4.78, 5) is 15.0. The van der Waals surface area contributed by atoms with Crippen molar-refractivity contribution in [2.24, 2.45) is 0 Å². The number of pyridine rings is 1. The summed E-state index contributed by atoms with van der Waals surface area (Å²) < 4.78 is 21.9. The van der Waals surface area contributed by atoms with Gasteiger partial charge in [0, 0.05) is 18.5 Å². The van der Waals surface area contributed by atoms with Gasteiger partial charge in [0.05, 0.1) is 5.75 Å². The molecule has 0 aliphatic carbocycles. The van der Waals surface area contributed by atoms with E-state index in [-0.39, 0.29) is 17.1 Å². The number of aromatic carboxylic acids is 1. The molecule has 7 heteroatoms. The summed E-state index contributed by atoms with van der Waals surface area (Å²) in [6.45, 7) is 2.12. The zero-order valence-corrected chi connectivity index (χ0v) is 11.1. The van der Waals surface area contributed by atoms with Crippen molar-refractivity contribution in [3.8, 4) is 0 Å². The Hall–Kier alpha value is -1.63. The monoisotopic (exact) mass is 272 g/mol. The summed E-state index contributed by atoms with van der Waals surface area (Å²) in [5, 5.41) is 11.8. The maximum absolute atomic E-state index is 10.9. The SMILES string of the molecule is Cc1ccc(C(=O)O)c(NCCCS(C)(=O)=O)n1. The third-order valence-electron chi connectivity index (χ3n) is 2.25. The number of rotatable bonds is 6. The Balaban J connectivity index is 2.66. The molecule has 0 aliphatic rings. The van der Waals surface area contributed by atoms with Gasteiger partial charge < -0.3 is 10.4 Å². The van der Waals surface area contributed by atoms with Crippen LogP contribution in [0.1, 0.15) is 22.5 Å². The second-order valence-corrected chi connectivity index (χ2v) is 6.32. The van der Waals surface area contributed by atoms with Crippen molar-refractivity contribution >= 4 is 21.6 Å². The highest BCUT2D eigenvalue weighted by atomic mass is 32.2. The van der Waals surface area contributed by atoms with E-state index in [0.29, 0.717) is 18.7 Å². The number of aromatic nitrogens is 1. The largest absolute Gasteiger partial charge is 0.478 e. The number of hydrogen-bond acceptors (Lipinski definition) is 5. The second-order valence-electron chi connectivity index (χ2n) is 4.06. The van der Waals surface area contributed by atoms with Crippen molar-refractivity contribution < 1.29 is 18.3 Å². The number of carbonyl (C=O) groups is 1. The highest BCUT2D eigenvalue weighted by Crippen LogP contribution is 2.13. The van der Waals surface area contributed by atoms with Crippen LogP contribution in [-0.2, 0) is 9.84 Å². The van der Waals surface area contributed by atoms with Crippen molar-refractivity contribution in [2.75, 3.05) is 23.9 Å². The van der Waals surface area contributed by atoms with Crippen LogP contribution < -0.4 is 5.32 Å². The average molecular weight is 272 g/mol. The quantitative estimate of drug-likeness (QED) is 0.748. The molecule has 0 radical (unpaired) electrons. The molecule has 100 valence electrons. The van der Waals surface area contributed by atoms with Gasteiger partial charge in [0.25, 0.3) is 0 Å². The maximum atomic E-state index is 10.9. The lowest BCUT2D eigenvalue weighted by atomic mass is 10.2. The molecule has 0 saturated heterocycles. The molecular formula is C11H16N2O4S. The minimum Gasteiger partial charge on any atom is -0.478 e. The molecule has 18 heavy (non-hydrogen) atoms. The first kappa shape index (κ1) is 14.4. The lowest BCUT2D eigenvalue weighted by Gasteiger charge is -2.08. The van der Waals surface area contributed by atoms with Gasteiger partial charge in [-0.15, -0.1) is 0 Å². The molecule has 6 nitrogen and oxygen atoms in total. The van der Waals surface area contributed by atoms with Crippen molar-refractivity contribution in [2.45, 2.75) is 13.3 Å². The van der Waals surface area contributed by atoms with E-state index in [1.165, 1.54) is 12.3 Å². The fourth-order valence-corrected chi connectivity index (χ4v) is 2.07. The zero-order chi connectivity index (χ0) is 13.8. The van der Waals surface area contributed by atoms with Crippen LogP contribution in [0.15, 0.2) is 12.1 Å². The van der Waals surface area contributed by atoms with E-state index >= 15 is 0 Å². The predicted molar refractivity (Wildman–Crippen MR) is 68.8 cm³/mol. The topological polar surface area (TPSA) is 96.4 Å². The number of anilines is 1.